The van der Waals surface area contributed by atoms with Gasteiger partial charge in [0, 0.05) is 31.9 Å². The summed E-state index contributed by atoms with van der Waals surface area (Å²) >= 11 is 0.874. The first-order chi connectivity index (χ1) is 14.1. The lowest BCUT2D eigenvalue weighted by molar-refractivity contribution is -0.139. The van der Waals surface area contributed by atoms with Gasteiger partial charge in [0.15, 0.2) is 0 Å². The molecule has 8 nitrogen and oxygen atoms in total. The molecule has 3 saturated heterocycles. The van der Waals surface area contributed by atoms with Gasteiger partial charge in [-0.1, -0.05) is 12.1 Å². The molecule has 0 N–H and O–H groups in total. The Morgan fingerprint density at radius 1 is 0.966 bits per heavy atom. The molecule has 0 bridgehead atoms. The predicted molar refractivity (Wildman–Crippen MR) is 110 cm³/mol. The van der Waals surface area contributed by atoms with Gasteiger partial charge in [0.1, 0.15) is 6.54 Å². The Labute approximate surface area is 173 Å². The number of ether oxygens (including phenoxy) is 2. The van der Waals surface area contributed by atoms with Crippen molar-refractivity contribution in [1.82, 2.24) is 9.80 Å². The van der Waals surface area contributed by atoms with Crippen molar-refractivity contribution in [3.63, 3.8) is 0 Å². The molecule has 3 aliphatic rings. The maximum absolute atomic E-state index is 12.7. The first kappa shape index (κ1) is 19.9. The minimum atomic E-state index is -0.418. The molecule has 0 radical (unpaired) electrons. The Hall–Kier alpha value is -2.36. The number of morpholine rings is 2. The fraction of sp³-hybridized carbons (Fsp3) is 0.450. The van der Waals surface area contributed by atoms with Crippen LogP contribution in [0.15, 0.2) is 29.2 Å². The predicted octanol–water partition coefficient (Wildman–Crippen LogP) is 1.42. The lowest BCUT2D eigenvalue weighted by atomic mass is 10.1. The molecule has 3 fully saturated rings. The highest BCUT2D eigenvalue weighted by Crippen LogP contribution is 2.32. The molecule has 0 spiro atoms. The highest BCUT2D eigenvalue weighted by atomic mass is 32.2. The van der Waals surface area contributed by atoms with Crippen molar-refractivity contribution >= 4 is 40.6 Å². The summed E-state index contributed by atoms with van der Waals surface area (Å²) < 4.78 is 10.6. The zero-order valence-corrected chi connectivity index (χ0v) is 16.9. The van der Waals surface area contributed by atoms with E-state index in [1.165, 1.54) is 0 Å². The summed E-state index contributed by atoms with van der Waals surface area (Å²) in [5.74, 6) is -0.648. The molecule has 0 aliphatic carbocycles. The molecule has 154 valence electrons. The standard InChI is InChI=1S/C20H23N3O5S/c24-18(22-7-11-28-12-8-22)14-23-19(25)17(29-20(23)26)13-15-1-3-16(4-2-15)21-5-9-27-10-6-21/h1-4,13H,5-12,14H2. The third kappa shape index (κ3) is 4.63. The quantitative estimate of drug-likeness (QED) is 0.686. The maximum atomic E-state index is 12.7. The largest absolute Gasteiger partial charge is 0.378 e. The fourth-order valence-corrected chi connectivity index (χ4v) is 4.28. The number of carbonyl (C=O) groups is 3. The Balaban J connectivity index is 1.41. The molecular weight excluding hydrogens is 394 g/mol. The molecule has 0 aromatic heterocycles. The summed E-state index contributed by atoms with van der Waals surface area (Å²) in [5.41, 5.74) is 1.95. The van der Waals surface area contributed by atoms with Crippen molar-refractivity contribution in [1.29, 1.82) is 0 Å². The Kier molecular flexibility index (Phi) is 6.17. The van der Waals surface area contributed by atoms with Gasteiger partial charge in [0.25, 0.3) is 11.1 Å². The van der Waals surface area contributed by atoms with E-state index in [9.17, 15) is 14.4 Å². The number of rotatable bonds is 4. The SMILES string of the molecule is O=C(CN1C(=O)SC(=Cc2ccc(N3CCOCC3)cc2)C1=O)N1CCOCC1. The highest BCUT2D eigenvalue weighted by Gasteiger charge is 2.37. The lowest BCUT2D eigenvalue weighted by Gasteiger charge is -2.28. The van der Waals surface area contributed by atoms with E-state index in [2.05, 4.69) is 4.90 Å². The van der Waals surface area contributed by atoms with E-state index in [1.54, 1.807) is 11.0 Å². The van der Waals surface area contributed by atoms with Crippen molar-refractivity contribution in [3.05, 3.63) is 34.7 Å². The van der Waals surface area contributed by atoms with Crippen LogP contribution in [-0.4, -0.2) is 86.0 Å². The number of amides is 3. The van der Waals surface area contributed by atoms with Crippen molar-refractivity contribution in [2.75, 3.05) is 64.1 Å². The molecule has 3 heterocycles. The van der Waals surface area contributed by atoms with Gasteiger partial charge in [-0.25, -0.2) is 0 Å². The van der Waals surface area contributed by atoms with E-state index in [4.69, 9.17) is 9.47 Å². The number of benzene rings is 1. The highest BCUT2D eigenvalue weighted by molar-refractivity contribution is 8.18. The van der Waals surface area contributed by atoms with Gasteiger partial charge in [-0.05, 0) is 35.5 Å². The molecule has 1 aromatic rings. The van der Waals surface area contributed by atoms with Crippen LogP contribution in [0.2, 0.25) is 0 Å². The number of anilines is 1. The zero-order valence-electron chi connectivity index (χ0n) is 16.0. The Morgan fingerprint density at radius 3 is 2.24 bits per heavy atom. The van der Waals surface area contributed by atoms with E-state index in [0.29, 0.717) is 31.2 Å². The summed E-state index contributed by atoms with van der Waals surface area (Å²) in [6.45, 7) is 4.86. The topological polar surface area (TPSA) is 79.4 Å². The summed E-state index contributed by atoms with van der Waals surface area (Å²) in [4.78, 5) is 42.5. The fourth-order valence-electron chi connectivity index (χ4n) is 3.44. The van der Waals surface area contributed by atoms with Crippen molar-refractivity contribution in [2.24, 2.45) is 0 Å². The van der Waals surface area contributed by atoms with Gasteiger partial charge >= 0.3 is 0 Å². The van der Waals surface area contributed by atoms with E-state index in [0.717, 1.165) is 54.2 Å². The minimum Gasteiger partial charge on any atom is -0.378 e. The Morgan fingerprint density at radius 2 is 1.59 bits per heavy atom. The summed E-state index contributed by atoms with van der Waals surface area (Å²) in [6, 6.07) is 7.86. The van der Waals surface area contributed by atoms with Crippen LogP contribution in [0.1, 0.15) is 5.56 Å². The second-order valence-corrected chi connectivity index (χ2v) is 7.95. The first-order valence-electron chi connectivity index (χ1n) is 9.65. The van der Waals surface area contributed by atoms with Crippen LogP contribution < -0.4 is 4.90 Å². The molecule has 3 amide bonds. The van der Waals surface area contributed by atoms with Crippen LogP contribution in [0.4, 0.5) is 10.5 Å². The molecule has 0 unspecified atom stereocenters. The number of carbonyl (C=O) groups excluding carboxylic acids is 3. The van der Waals surface area contributed by atoms with Crippen LogP contribution in [-0.2, 0) is 19.1 Å². The maximum Gasteiger partial charge on any atom is 0.294 e. The zero-order chi connectivity index (χ0) is 20.2. The molecule has 3 aliphatic heterocycles. The van der Waals surface area contributed by atoms with Gasteiger partial charge < -0.3 is 19.3 Å². The third-order valence-electron chi connectivity index (χ3n) is 5.10. The molecule has 1 aromatic carbocycles. The third-order valence-corrected chi connectivity index (χ3v) is 6.01. The van der Waals surface area contributed by atoms with E-state index in [-0.39, 0.29) is 12.5 Å². The summed E-state index contributed by atoms with van der Waals surface area (Å²) in [5, 5.41) is -0.409. The first-order valence-corrected chi connectivity index (χ1v) is 10.5. The van der Waals surface area contributed by atoms with Crippen molar-refractivity contribution < 1.29 is 23.9 Å². The number of thioether (sulfide) groups is 1. The molecule has 29 heavy (non-hydrogen) atoms. The molecule has 0 atom stereocenters. The smallest absolute Gasteiger partial charge is 0.294 e. The van der Waals surface area contributed by atoms with Crippen LogP contribution in [0, 0.1) is 0 Å². The molecule has 4 rings (SSSR count). The summed E-state index contributed by atoms with van der Waals surface area (Å²) in [7, 11) is 0. The van der Waals surface area contributed by atoms with Crippen LogP contribution in [0.25, 0.3) is 6.08 Å². The molecule has 9 heteroatoms. The van der Waals surface area contributed by atoms with Gasteiger partial charge in [-0.2, -0.15) is 0 Å². The van der Waals surface area contributed by atoms with E-state index in [1.807, 2.05) is 24.3 Å². The minimum absolute atomic E-state index is 0.224. The van der Waals surface area contributed by atoms with E-state index >= 15 is 0 Å². The van der Waals surface area contributed by atoms with Gasteiger partial charge in [-0.3, -0.25) is 19.3 Å². The van der Waals surface area contributed by atoms with Crippen LogP contribution >= 0.6 is 11.8 Å². The van der Waals surface area contributed by atoms with Gasteiger partial charge in [-0.15, -0.1) is 0 Å². The molecular formula is C20H23N3O5S. The molecule has 0 saturated carbocycles. The normalized spacial score (nSPS) is 21.9. The van der Waals surface area contributed by atoms with Crippen molar-refractivity contribution in [3.8, 4) is 0 Å². The van der Waals surface area contributed by atoms with Gasteiger partial charge in [0.2, 0.25) is 5.91 Å². The summed E-state index contributed by atoms with van der Waals surface area (Å²) in [6.07, 6.45) is 1.70. The van der Waals surface area contributed by atoms with Crippen LogP contribution in [0.3, 0.4) is 0 Å². The van der Waals surface area contributed by atoms with E-state index < -0.39 is 11.1 Å². The average Bonchev–Trinajstić information content (AvgIpc) is 3.03. The second-order valence-electron chi connectivity index (χ2n) is 6.95. The average molecular weight is 417 g/mol. The van der Waals surface area contributed by atoms with Crippen LogP contribution in [0.5, 0.6) is 0 Å². The number of nitrogens with zero attached hydrogens (tertiary/aromatic N) is 3. The van der Waals surface area contributed by atoms with Gasteiger partial charge in [0.05, 0.1) is 31.3 Å². The second kappa shape index (κ2) is 8.98. The van der Waals surface area contributed by atoms with Crippen molar-refractivity contribution in [2.45, 2.75) is 0 Å². The number of hydrogen-bond donors (Lipinski definition) is 0. The Bertz CT molecular complexity index is 814. The lowest BCUT2D eigenvalue weighted by Crippen LogP contribution is -2.46. The number of imide groups is 1. The monoisotopic (exact) mass is 417 g/mol. The number of hydrogen-bond acceptors (Lipinski definition) is 7.